The van der Waals surface area contributed by atoms with Crippen LogP contribution >= 0.6 is 15.9 Å². The fourth-order valence-electron chi connectivity index (χ4n) is 2.79. The summed E-state index contributed by atoms with van der Waals surface area (Å²) in [6.07, 6.45) is 1.25. The lowest BCUT2D eigenvalue weighted by Crippen LogP contribution is -2.29. The number of carbonyl (C=O) groups is 2. The zero-order valence-electron chi connectivity index (χ0n) is 18.3. The number of aliphatic hydroxyl groups is 1. The van der Waals surface area contributed by atoms with Gasteiger partial charge in [0.25, 0.3) is 0 Å². The molecule has 2 aromatic carbocycles. The molecule has 32 heavy (non-hydrogen) atoms. The number of aliphatic imine (C=N–C) groups is 1. The van der Waals surface area contributed by atoms with Crippen molar-refractivity contribution in [3.8, 4) is 5.75 Å². The summed E-state index contributed by atoms with van der Waals surface area (Å²) in [6, 6.07) is 10.3. The van der Waals surface area contributed by atoms with Crippen molar-refractivity contribution in [2.24, 2.45) is 16.8 Å². The number of nitrogens with zero attached hydrogens (tertiary/aromatic N) is 1. The zero-order valence-corrected chi connectivity index (χ0v) is 19.8. The molecule has 8 heteroatoms. The number of hydrogen-bond donors (Lipinski definition) is 1. The van der Waals surface area contributed by atoms with Crippen LogP contribution in [-0.4, -0.2) is 42.3 Å². The number of rotatable bonds is 11. The lowest BCUT2D eigenvalue weighted by Gasteiger charge is -2.16. The third-order valence-electron chi connectivity index (χ3n) is 4.73. The molecule has 0 saturated heterocycles. The number of hydrogen-bond acceptors (Lipinski definition) is 6. The molecule has 0 saturated carbocycles. The molecule has 6 nitrogen and oxygen atoms in total. The van der Waals surface area contributed by atoms with Crippen molar-refractivity contribution < 1.29 is 28.6 Å². The van der Waals surface area contributed by atoms with Crippen LogP contribution in [0.1, 0.15) is 36.7 Å². The molecule has 0 aliphatic heterocycles. The highest BCUT2D eigenvalue weighted by molar-refractivity contribution is 9.10. The maximum atomic E-state index is 13.2. The Morgan fingerprint density at radius 3 is 2.47 bits per heavy atom. The van der Waals surface area contributed by atoms with Gasteiger partial charge in [0.1, 0.15) is 18.2 Å². The van der Waals surface area contributed by atoms with Gasteiger partial charge in [-0.3, -0.25) is 14.6 Å². The molecule has 172 valence electrons. The molecule has 0 radical (unpaired) electrons. The summed E-state index contributed by atoms with van der Waals surface area (Å²) < 4.78 is 24.4. The summed E-state index contributed by atoms with van der Waals surface area (Å²) in [4.78, 5) is 30.0. The van der Waals surface area contributed by atoms with Gasteiger partial charge in [-0.15, -0.1) is 0 Å². The van der Waals surface area contributed by atoms with Crippen LogP contribution in [0.15, 0.2) is 51.9 Å². The van der Waals surface area contributed by atoms with E-state index in [0.29, 0.717) is 10.2 Å². The summed E-state index contributed by atoms with van der Waals surface area (Å²) >= 11 is 3.35. The first kappa shape index (κ1) is 25.7. The zero-order chi connectivity index (χ0) is 23.7. The Bertz CT molecular complexity index is 946. The maximum Gasteiger partial charge on any atom is 0.322 e. The molecule has 1 N–H and O–H groups in total. The highest BCUT2D eigenvalue weighted by atomic mass is 79.9. The summed E-state index contributed by atoms with van der Waals surface area (Å²) in [7, 11) is 0. The Balaban J connectivity index is 2.27. The van der Waals surface area contributed by atoms with Gasteiger partial charge in [-0.2, -0.15) is 0 Å². The van der Waals surface area contributed by atoms with Crippen molar-refractivity contribution in [1.82, 2.24) is 0 Å². The van der Waals surface area contributed by atoms with Gasteiger partial charge in [-0.25, -0.2) is 4.39 Å². The Morgan fingerprint density at radius 1 is 1.19 bits per heavy atom. The normalized spacial score (nSPS) is 13.2. The first-order valence-corrected chi connectivity index (χ1v) is 11.1. The monoisotopic (exact) mass is 507 g/mol. The highest BCUT2D eigenvalue weighted by Gasteiger charge is 2.29. The molecule has 0 fully saturated rings. The first-order valence-electron chi connectivity index (χ1n) is 10.3. The van der Waals surface area contributed by atoms with E-state index in [2.05, 4.69) is 20.9 Å². The molecule has 0 heterocycles. The Labute approximate surface area is 195 Å². The van der Waals surface area contributed by atoms with Crippen molar-refractivity contribution in [3.63, 3.8) is 0 Å². The van der Waals surface area contributed by atoms with Crippen LogP contribution in [0.2, 0.25) is 0 Å². The van der Waals surface area contributed by atoms with Gasteiger partial charge in [-0.05, 0) is 48.7 Å². The number of halogens is 2. The summed E-state index contributed by atoms with van der Waals surface area (Å²) in [5, 5.41) is 9.50. The first-order chi connectivity index (χ1) is 15.3. The third-order valence-corrected chi connectivity index (χ3v) is 5.42. The van der Waals surface area contributed by atoms with Crippen LogP contribution in [0.4, 0.5) is 4.39 Å². The van der Waals surface area contributed by atoms with Crippen LogP contribution in [-0.2, 0) is 16.1 Å². The minimum Gasteiger partial charge on any atom is -0.489 e. The predicted molar refractivity (Wildman–Crippen MR) is 124 cm³/mol. The second kappa shape index (κ2) is 12.5. The number of esters is 1. The number of carbonyl (C=O) groups excluding carboxylic acids is 2. The molecule has 0 aliphatic carbocycles. The molecule has 0 aliphatic rings. The Kier molecular flexibility index (Phi) is 9.99. The second-order valence-corrected chi connectivity index (χ2v) is 8.30. The molecular formula is C24H27BrFNO5. The van der Waals surface area contributed by atoms with Crippen LogP contribution in [0.5, 0.6) is 5.75 Å². The van der Waals surface area contributed by atoms with Gasteiger partial charge >= 0.3 is 5.97 Å². The van der Waals surface area contributed by atoms with Crippen molar-refractivity contribution in [1.29, 1.82) is 0 Å². The molecule has 2 rings (SSSR count). The van der Waals surface area contributed by atoms with E-state index in [1.165, 1.54) is 24.4 Å². The number of aliphatic hydroxyl groups excluding tert-OH is 1. The van der Waals surface area contributed by atoms with Gasteiger partial charge in [0, 0.05) is 16.3 Å². The molecule has 0 spiro atoms. The average Bonchev–Trinajstić information content (AvgIpc) is 2.76. The molecular weight excluding hydrogens is 481 g/mol. The molecule has 2 atom stereocenters. The minimum absolute atomic E-state index is 0.0316. The van der Waals surface area contributed by atoms with Crippen LogP contribution in [0, 0.1) is 17.7 Å². The third kappa shape index (κ3) is 7.24. The molecule has 2 unspecified atom stereocenters. The fourth-order valence-corrected chi connectivity index (χ4v) is 3.23. The Morgan fingerprint density at radius 2 is 1.88 bits per heavy atom. The van der Waals surface area contributed by atoms with Crippen LogP contribution in [0.25, 0.3) is 0 Å². The predicted octanol–water partition coefficient (Wildman–Crippen LogP) is 4.62. The van der Waals surface area contributed by atoms with Crippen molar-refractivity contribution in [2.45, 2.75) is 33.4 Å². The van der Waals surface area contributed by atoms with E-state index in [4.69, 9.17) is 9.47 Å². The minimum atomic E-state index is -1.26. The van der Waals surface area contributed by atoms with Gasteiger partial charge in [0.05, 0.1) is 19.3 Å². The SMILES string of the molecule is CCOC(=O)C(C=NC(CO)C(C)C)C(=O)c1cc(OCc2ccc(F)cc2)ccc1Br. The molecule has 0 amide bonds. The van der Waals surface area contributed by atoms with E-state index in [-0.39, 0.29) is 37.1 Å². The molecule has 0 aromatic heterocycles. The second-order valence-electron chi connectivity index (χ2n) is 7.44. The largest absolute Gasteiger partial charge is 0.489 e. The topological polar surface area (TPSA) is 85.2 Å². The summed E-state index contributed by atoms with van der Waals surface area (Å²) in [6.45, 7) is 5.53. The number of benzene rings is 2. The van der Waals surface area contributed by atoms with Crippen molar-refractivity contribution >= 4 is 33.9 Å². The molecule has 0 bridgehead atoms. The average molecular weight is 508 g/mol. The van der Waals surface area contributed by atoms with E-state index in [1.54, 1.807) is 31.2 Å². The smallest absolute Gasteiger partial charge is 0.322 e. The van der Waals surface area contributed by atoms with Crippen LogP contribution < -0.4 is 4.74 Å². The number of Topliss-reactive ketones (excluding diaryl/α,β-unsaturated/α-hetero) is 1. The number of ketones is 1. The quantitative estimate of drug-likeness (QED) is 0.207. The van der Waals surface area contributed by atoms with Crippen LogP contribution in [0.3, 0.4) is 0 Å². The lowest BCUT2D eigenvalue weighted by molar-refractivity contribution is -0.144. The van der Waals surface area contributed by atoms with E-state index >= 15 is 0 Å². The highest BCUT2D eigenvalue weighted by Crippen LogP contribution is 2.26. The van der Waals surface area contributed by atoms with E-state index < -0.39 is 23.7 Å². The summed E-state index contributed by atoms with van der Waals surface area (Å²) in [5.41, 5.74) is 0.999. The van der Waals surface area contributed by atoms with E-state index in [1.807, 2.05) is 13.8 Å². The van der Waals surface area contributed by atoms with Gasteiger partial charge in [-0.1, -0.05) is 41.9 Å². The standard InChI is InChI=1S/C24H27BrFNO5/c1-4-31-24(30)20(12-27-22(13-28)15(2)3)23(29)19-11-18(9-10-21(19)25)32-14-16-5-7-17(26)8-6-16/h5-12,15,20,22,28H,4,13-14H2,1-3H3. The summed E-state index contributed by atoms with van der Waals surface area (Å²) in [5.74, 6) is -2.37. The number of ether oxygens (including phenoxy) is 2. The fraction of sp³-hybridized carbons (Fsp3) is 0.375. The van der Waals surface area contributed by atoms with Crippen molar-refractivity contribution in [2.75, 3.05) is 13.2 Å². The van der Waals surface area contributed by atoms with Gasteiger partial charge in [0.15, 0.2) is 11.7 Å². The maximum absolute atomic E-state index is 13.2. The van der Waals surface area contributed by atoms with E-state index in [9.17, 15) is 19.1 Å². The lowest BCUT2D eigenvalue weighted by atomic mass is 9.98. The van der Waals surface area contributed by atoms with Gasteiger partial charge < -0.3 is 14.6 Å². The van der Waals surface area contributed by atoms with E-state index in [0.717, 1.165) is 5.56 Å². The van der Waals surface area contributed by atoms with Gasteiger partial charge in [0.2, 0.25) is 0 Å². The Hall–Kier alpha value is -2.58. The molecule has 2 aromatic rings. The van der Waals surface area contributed by atoms with Crippen molar-refractivity contribution in [3.05, 3.63) is 63.9 Å².